The first-order valence-electron chi connectivity index (χ1n) is 4.86. The number of ketones is 1. The highest BCUT2D eigenvalue weighted by Crippen LogP contribution is 2.24. The zero-order valence-electron chi connectivity index (χ0n) is 8.04. The van der Waals surface area contributed by atoms with Crippen LogP contribution in [0.4, 0.5) is 0 Å². The first kappa shape index (κ1) is 10.2. The summed E-state index contributed by atoms with van der Waals surface area (Å²) in [4.78, 5) is 21.9. The highest BCUT2D eigenvalue weighted by molar-refractivity contribution is 5.80. The molecular weight excluding hydrogens is 168 g/mol. The van der Waals surface area contributed by atoms with Gasteiger partial charge in [0.25, 0.3) is 0 Å². The van der Waals surface area contributed by atoms with Gasteiger partial charge in [-0.25, -0.2) is 0 Å². The number of esters is 1. The van der Waals surface area contributed by atoms with Gasteiger partial charge in [0, 0.05) is 0 Å². The fraction of sp³-hybridized carbons (Fsp3) is 0.800. The molecule has 3 nitrogen and oxygen atoms in total. The van der Waals surface area contributed by atoms with Gasteiger partial charge >= 0.3 is 5.97 Å². The van der Waals surface area contributed by atoms with E-state index in [1.165, 1.54) is 13.3 Å². The van der Waals surface area contributed by atoms with E-state index in [4.69, 9.17) is 4.74 Å². The van der Waals surface area contributed by atoms with E-state index >= 15 is 0 Å². The molecule has 0 saturated heterocycles. The molecule has 0 heterocycles. The minimum Gasteiger partial charge on any atom is -0.457 e. The van der Waals surface area contributed by atoms with Gasteiger partial charge in [-0.3, -0.25) is 9.59 Å². The normalized spacial score (nSPS) is 18.2. The topological polar surface area (TPSA) is 43.4 Å². The molecule has 0 unspecified atom stereocenters. The summed E-state index contributed by atoms with van der Waals surface area (Å²) in [5.74, 6) is -0.229. The predicted octanol–water partition coefficient (Wildman–Crippen LogP) is 1.70. The van der Waals surface area contributed by atoms with Crippen molar-refractivity contribution in [3.63, 3.8) is 0 Å². The zero-order valence-corrected chi connectivity index (χ0v) is 8.04. The first-order valence-corrected chi connectivity index (χ1v) is 4.86. The second-order valence-corrected chi connectivity index (χ2v) is 3.64. The largest absolute Gasteiger partial charge is 0.457 e. The van der Waals surface area contributed by atoms with Crippen LogP contribution in [0.5, 0.6) is 0 Å². The number of ether oxygens (including phenoxy) is 1. The lowest BCUT2D eigenvalue weighted by Crippen LogP contribution is -2.22. The van der Waals surface area contributed by atoms with Gasteiger partial charge in [0.1, 0.15) is 6.61 Å². The molecule has 1 rings (SSSR count). The molecule has 13 heavy (non-hydrogen) atoms. The highest BCUT2D eigenvalue weighted by atomic mass is 16.5. The molecule has 0 aromatic rings. The minimum absolute atomic E-state index is 0.0492. The molecule has 74 valence electrons. The quantitative estimate of drug-likeness (QED) is 0.627. The second kappa shape index (κ2) is 5.00. The van der Waals surface area contributed by atoms with Crippen molar-refractivity contribution in [2.75, 3.05) is 6.61 Å². The Morgan fingerprint density at radius 1 is 1.23 bits per heavy atom. The molecule has 0 N–H and O–H groups in total. The van der Waals surface area contributed by atoms with E-state index in [0.29, 0.717) is 0 Å². The van der Waals surface area contributed by atoms with Gasteiger partial charge in [-0.2, -0.15) is 0 Å². The molecule has 1 aliphatic carbocycles. The molecule has 0 aromatic heterocycles. The van der Waals surface area contributed by atoms with Crippen molar-refractivity contribution in [1.29, 1.82) is 0 Å². The average molecular weight is 184 g/mol. The molecule has 0 atom stereocenters. The molecule has 1 fully saturated rings. The van der Waals surface area contributed by atoms with E-state index in [1.807, 2.05) is 0 Å². The Morgan fingerprint density at radius 2 is 1.85 bits per heavy atom. The molecular formula is C10H16O3. The van der Waals surface area contributed by atoms with E-state index in [2.05, 4.69) is 0 Å². The first-order chi connectivity index (χ1) is 6.20. The third-order valence-corrected chi connectivity index (χ3v) is 2.36. The number of hydrogen-bond donors (Lipinski definition) is 0. The van der Waals surface area contributed by atoms with Crippen LogP contribution >= 0.6 is 0 Å². The standard InChI is InChI=1S/C10H16O3/c1-8(11)7-13-10(12)9-5-3-2-4-6-9/h9H,2-7H2,1H3. The summed E-state index contributed by atoms with van der Waals surface area (Å²) in [5, 5.41) is 0. The van der Waals surface area contributed by atoms with Gasteiger partial charge in [-0.15, -0.1) is 0 Å². The summed E-state index contributed by atoms with van der Waals surface area (Å²) in [7, 11) is 0. The molecule has 0 radical (unpaired) electrons. The van der Waals surface area contributed by atoms with Crippen molar-refractivity contribution in [2.24, 2.45) is 5.92 Å². The lowest BCUT2D eigenvalue weighted by Gasteiger charge is -2.19. The summed E-state index contributed by atoms with van der Waals surface area (Å²) in [6.45, 7) is 1.36. The highest BCUT2D eigenvalue weighted by Gasteiger charge is 2.22. The molecule has 3 heteroatoms. The maximum atomic E-state index is 11.3. The van der Waals surface area contributed by atoms with Crippen molar-refractivity contribution >= 4 is 11.8 Å². The van der Waals surface area contributed by atoms with Gasteiger partial charge in [-0.1, -0.05) is 19.3 Å². The average Bonchev–Trinajstić information content (AvgIpc) is 2.15. The lowest BCUT2D eigenvalue weighted by molar-refractivity contribution is -0.152. The van der Waals surface area contributed by atoms with Crippen LogP contribution in [-0.2, 0) is 14.3 Å². The Hall–Kier alpha value is -0.860. The number of rotatable bonds is 3. The molecule has 1 saturated carbocycles. The summed E-state index contributed by atoms with van der Waals surface area (Å²) in [6.07, 6.45) is 5.30. The van der Waals surface area contributed by atoms with E-state index in [9.17, 15) is 9.59 Å². The molecule has 0 amide bonds. The van der Waals surface area contributed by atoms with E-state index in [-0.39, 0.29) is 24.3 Å². The molecule has 0 bridgehead atoms. The van der Waals surface area contributed by atoms with Crippen LogP contribution in [0.3, 0.4) is 0 Å². The third kappa shape index (κ3) is 3.57. The maximum Gasteiger partial charge on any atom is 0.309 e. The van der Waals surface area contributed by atoms with Crippen molar-refractivity contribution in [3.8, 4) is 0 Å². The smallest absolute Gasteiger partial charge is 0.309 e. The molecule has 0 aromatic carbocycles. The minimum atomic E-state index is -0.185. The van der Waals surface area contributed by atoms with Gasteiger partial charge in [0.15, 0.2) is 5.78 Å². The summed E-state index contributed by atoms with van der Waals surface area (Å²) < 4.78 is 4.85. The maximum absolute atomic E-state index is 11.3. The van der Waals surface area contributed by atoms with Crippen LogP contribution in [-0.4, -0.2) is 18.4 Å². The van der Waals surface area contributed by atoms with Crippen LogP contribution in [0.1, 0.15) is 39.0 Å². The van der Waals surface area contributed by atoms with Gasteiger partial charge in [-0.05, 0) is 19.8 Å². The summed E-state index contributed by atoms with van der Waals surface area (Å²) >= 11 is 0. The van der Waals surface area contributed by atoms with E-state index in [0.717, 1.165) is 25.7 Å². The van der Waals surface area contributed by atoms with Crippen LogP contribution in [0.25, 0.3) is 0 Å². The molecule has 0 spiro atoms. The van der Waals surface area contributed by atoms with Crippen LogP contribution < -0.4 is 0 Å². The fourth-order valence-electron chi connectivity index (χ4n) is 1.63. The van der Waals surface area contributed by atoms with Gasteiger partial charge in [0.05, 0.1) is 5.92 Å². The van der Waals surface area contributed by atoms with Gasteiger partial charge < -0.3 is 4.74 Å². The fourth-order valence-corrected chi connectivity index (χ4v) is 1.63. The van der Waals surface area contributed by atoms with Crippen molar-refractivity contribution in [1.82, 2.24) is 0 Å². The van der Waals surface area contributed by atoms with Crippen molar-refractivity contribution in [3.05, 3.63) is 0 Å². The number of carbonyl (C=O) groups is 2. The van der Waals surface area contributed by atoms with Crippen molar-refractivity contribution in [2.45, 2.75) is 39.0 Å². The Labute approximate surface area is 78.5 Å². The molecule has 1 aliphatic rings. The Bertz CT molecular complexity index is 192. The van der Waals surface area contributed by atoms with Crippen LogP contribution in [0.2, 0.25) is 0 Å². The van der Waals surface area contributed by atoms with Crippen molar-refractivity contribution < 1.29 is 14.3 Å². The Morgan fingerprint density at radius 3 is 2.38 bits per heavy atom. The summed E-state index contributed by atoms with van der Waals surface area (Å²) in [5.41, 5.74) is 0. The van der Waals surface area contributed by atoms with E-state index in [1.54, 1.807) is 0 Å². The number of carbonyl (C=O) groups excluding carboxylic acids is 2. The second-order valence-electron chi connectivity index (χ2n) is 3.64. The SMILES string of the molecule is CC(=O)COC(=O)C1CCCCC1. The van der Waals surface area contributed by atoms with E-state index < -0.39 is 0 Å². The third-order valence-electron chi connectivity index (χ3n) is 2.36. The molecule has 0 aliphatic heterocycles. The number of Topliss-reactive ketones (excluding diaryl/α,β-unsaturated/α-hetero) is 1. The van der Waals surface area contributed by atoms with Crippen LogP contribution in [0.15, 0.2) is 0 Å². The zero-order chi connectivity index (χ0) is 9.68. The van der Waals surface area contributed by atoms with Gasteiger partial charge in [0.2, 0.25) is 0 Å². The Kier molecular flexibility index (Phi) is 3.93. The number of hydrogen-bond acceptors (Lipinski definition) is 3. The monoisotopic (exact) mass is 184 g/mol. The predicted molar refractivity (Wildman–Crippen MR) is 48.2 cm³/mol. The Balaban J connectivity index is 2.25. The lowest BCUT2D eigenvalue weighted by atomic mass is 9.89. The summed E-state index contributed by atoms with van der Waals surface area (Å²) in [6, 6.07) is 0. The van der Waals surface area contributed by atoms with Crippen LogP contribution in [0, 0.1) is 5.92 Å².